The van der Waals surface area contributed by atoms with E-state index in [1.807, 2.05) is 24.3 Å². The summed E-state index contributed by atoms with van der Waals surface area (Å²) in [6.45, 7) is 6.69. The number of carbonyl (C=O) groups excluding carboxylic acids is 2. The number of nitrogens with one attached hydrogen (secondary N) is 1. The molecule has 0 unspecified atom stereocenters. The Labute approximate surface area is 244 Å². The lowest BCUT2D eigenvalue weighted by atomic mass is 9.98. The Bertz CT molecular complexity index is 1280. The van der Waals surface area contributed by atoms with E-state index in [1.165, 1.54) is 15.9 Å². The van der Waals surface area contributed by atoms with Gasteiger partial charge in [-0.2, -0.15) is 0 Å². The summed E-state index contributed by atoms with van der Waals surface area (Å²) in [4.78, 5) is 39.5. The van der Waals surface area contributed by atoms with Crippen molar-refractivity contribution in [2.75, 3.05) is 32.8 Å². The number of benzene rings is 2. The minimum absolute atomic E-state index is 0.0628. The van der Waals surface area contributed by atoms with E-state index in [-0.39, 0.29) is 37.4 Å². The third-order valence-electron chi connectivity index (χ3n) is 7.45. The molecule has 0 spiro atoms. The number of ether oxygens (including phenoxy) is 2. The Morgan fingerprint density at radius 2 is 1.71 bits per heavy atom. The minimum atomic E-state index is -1.13. The maximum Gasteiger partial charge on any atom is 0.408 e. The zero-order valence-electron chi connectivity index (χ0n) is 24.3. The van der Waals surface area contributed by atoms with Crippen LogP contribution in [-0.4, -0.2) is 83.6 Å². The molecule has 4 rings (SSSR count). The smallest absolute Gasteiger partial charge is 0.408 e. The van der Waals surface area contributed by atoms with Crippen molar-refractivity contribution in [1.29, 1.82) is 0 Å². The van der Waals surface area contributed by atoms with E-state index in [9.17, 15) is 18.8 Å². The van der Waals surface area contributed by atoms with Crippen LogP contribution in [0.2, 0.25) is 0 Å². The highest BCUT2D eigenvalue weighted by Gasteiger charge is 2.33. The highest BCUT2D eigenvalue weighted by Crippen LogP contribution is 2.28. The van der Waals surface area contributed by atoms with E-state index >= 15 is 4.39 Å². The van der Waals surface area contributed by atoms with Crippen LogP contribution in [0.3, 0.4) is 0 Å². The van der Waals surface area contributed by atoms with Crippen LogP contribution in [0, 0.1) is 11.7 Å². The summed E-state index contributed by atoms with van der Waals surface area (Å²) in [5.41, 5.74) is 0.783. The Morgan fingerprint density at radius 3 is 2.33 bits per heavy atom. The van der Waals surface area contributed by atoms with Gasteiger partial charge in [0, 0.05) is 26.1 Å². The maximum absolute atomic E-state index is 15.4. The van der Waals surface area contributed by atoms with Gasteiger partial charge in [-0.15, -0.1) is 0 Å². The van der Waals surface area contributed by atoms with Crippen molar-refractivity contribution in [3.8, 4) is 16.9 Å². The Balaban J connectivity index is 1.43. The third kappa shape index (κ3) is 8.56. The first kappa shape index (κ1) is 31.1. The molecule has 0 bridgehead atoms. The van der Waals surface area contributed by atoms with Gasteiger partial charge in [-0.05, 0) is 80.8 Å². The molecule has 2 aromatic rings. The molecule has 42 heavy (non-hydrogen) atoms. The molecular formula is C31H39F2N3O6. The van der Waals surface area contributed by atoms with E-state index in [1.54, 1.807) is 32.9 Å². The van der Waals surface area contributed by atoms with Crippen LogP contribution >= 0.6 is 0 Å². The average Bonchev–Trinajstić information content (AvgIpc) is 3.37. The van der Waals surface area contributed by atoms with Crippen LogP contribution in [0.4, 0.5) is 18.4 Å². The van der Waals surface area contributed by atoms with E-state index in [0.29, 0.717) is 31.0 Å². The summed E-state index contributed by atoms with van der Waals surface area (Å²) in [6.07, 6.45) is -1.27. The summed E-state index contributed by atoms with van der Waals surface area (Å²) in [7, 11) is 0. The Morgan fingerprint density at radius 1 is 1.02 bits per heavy atom. The zero-order chi connectivity index (χ0) is 30.4. The molecule has 2 aliphatic rings. The van der Waals surface area contributed by atoms with Crippen molar-refractivity contribution >= 4 is 18.1 Å². The highest BCUT2D eigenvalue weighted by atomic mass is 19.1. The Kier molecular flexibility index (Phi) is 9.90. The zero-order valence-corrected chi connectivity index (χ0v) is 24.3. The number of hydrogen-bond acceptors (Lipinski definition) is 5. The number of amides is 3. The fourth-order valence-electron chi connectivity index (χ4n) is 5.17. The van der Waals surface area contributed by atoms with Crippen LogP contribution in [0.1, 0.15) is 45.6 Å². The van der Waals surface area contributed by atoms with Crippen molar-refractivity contribution in [1.82, 2.24) is 15.1 Å². The molecular weight excluding hydrogens is 548 g/mol. The molecule has 2 atom stereocenters. The number of hydrogen-bond donors (Lipinski definition) is 2. The van der Waals surface area contributed by atoms with Crippen molar-refractivity contribution in [2.24, 2.45) is 5.92 Å². The number of alkyl carbamates (subject to hydrolysis) is 1. The first-order valence-corrected chi connectivity index (χ1v) is 14.3. The normalized spacial score (nSPS) is 18.5. The summed E-state index contributed by atoms with van der Waals surface area (Å²) < 4.78 is 40.5. The fraction of sp³-hybridized carbons (Fsp3) is 0.516. The second kappa shape index (κ2) is 13.4. The SMILES string of the molecule is CC(C)(C)OC(=O)N[C@@H](Cc1ccc(-c2cccc(OCC3CCN(C(=O)O)CC3)c2)cc1F)C(=O)N1CC[C@H](F)C1. The van der Waals surface area contributed by atoms with Crippen LogP contribution in [-0.2, 0) is 16.0 Å². The van der Waals surface area contributed by atoms with Gasteiger partial charge >= 0.3 is 12.2 Å². The van der Waals surface area contributed by atoms with Crippen LogP contribution in [0.5, 0.6) is 5.75 Å². The van der Waals surface area contributed by atoms with Gasteiger partial charge in [0.05, 0.1) is 13.2 Å². The second-order valence-electron chi connectivity index (χ2n) is 11.9. The molecule has 228 valence electrons. The molecule has 2 aliphatic heterocycles. The van der Waals surface area contributed by atoms with E-state index < -0.39 is 41.7 Å². The van der Waals surface area contributed by atoms with Crippen molar-refractivity contribution in [2.45, 2.75) is 64.3 Å². The molecule has 9 nitrogen and oxygen atoms in total. The Hall–Kier alpha value is -3.89. The summed E-state index contributed by atoms with van der Waals surface area (Å²) in [5.74, 6) is -0.149. The molecule has 2 N–H and O–H groups in total. The monoisotopic (exact) mass is 587 g/mol. The second-order valence-corrected chi connectivity index (χ2v) is 11.9. The van der Waals surface area contributed by atoms with E-state index in [2.05, 4.69) is 5.32 Å². The average molecular weight is 588 g/mol. The molecule has 0 radical (unpaired) electrons. The number of carbonyl (C=O) groups is 3. The number of rotatable bonds is 8. The van der Waals surface area contributed by atoms with E-state index in [0.717, 1.165) is 18.4 Å². The molecule has 0 aliphatic carbocycles. The quantitative estimate of drug-likeness (QED) is 0.436. The summed E-state index contributed by atoms with van der Waals surface area (Å²) in [6, 6.07) is 10.9. The van der Waals surface area contributed by atoms with Gasteiger partial charge < -0.3 is 29.7 Å². The van der Waals surface area contributed by atoms with Crippen molar-refractivity contribution in [3.63, 3.8) is 0 Å². The summed E-state index contributed by atoms with van der Waals surface area (Å²) in [5, 5.41) is 11.7. The fourth-order valence-corrected chi connectivity index (χ4v) is 5.17. The van der Waals surface area contributed by atoms with Gasteiger partial charge in [0.15, 0.2) is 0 Å². The van der Waals surface area contributed by atoms with Crippen molar-refractivity contribution in [3.05, 3.63) is 53.8 Å². The molecule has 0 aromatic heterocycles. The predicted octanol–water partition coefficient (Wildman–Crippen LogP) is 5.27. The number of alkyl halides is 1. The third-order valence-corrected chi connectivity index (χ3v) is 7.45. The van der Waals surface area contributed by atoms with Gasteiger partial charge in [0.25, 0.3) is 0 Å². The van der Waals surface area contributed by atoms with Crippen LogP contribution < -0.4 is 10.1 Å². The number of nitrogens with zero attached hydrogens (tertiary/aromatic N) is 2. The van der Waals surface area contributed by atoms with Crippen LogP contribution in [0.15, 0.2) is 42.5 Å². The largest absolute Gasteiger partial charge is 0.493 e. The molecule has 2 fully saturated rings. The number of carboxylic acid groups (broad SMARTS) is 1. The van der Waals surface area contributed by atoms with Gasteiger partial charge in [0.2, 0.25) is 5.91 Å². The lowest BCUT2D eigenvalue weighted by Gasteiger charge is -2.29. The van der Waals surface area contributed by atoms with Gasteiger partial charge in [0.1, 0.15) is 29.4 Å². The molecule has 2 aromatic carbocycles. The van der Waals surface area contributed by atoms with Crippen molar-refractivity contribution < 1.29 is 37.7 Å². The van der Waals surface area contributed by atoms with Gasteiger partial charge in [-0.1, -0.05) is 24.3 Å². The van der Waals surface area contributed by atoms with Gasteiger partial charge in [-0.25, -0.2) is 18.4 Å². The van der Waals surface area contributed by atoms with Crippen LogP contribution in [0.25, 0.3) is 11.1 Å². The molecule has 2 heterocycles. The molecule has 2 saturated heterocycles. The minimum Gasteiger partial charge on any atom is -0.493 e. The van der Waals surface area contributed by atoms with E-state index in [4.69, 9.17) is 14.6 Å². The molecule has 3 amide bonds. The maximum atomic E-state index is 15.4. The lowest BCUT2D eigenvalue weighted by Crippen LogP contribution is -2.50. The number of piperidine rings is 1. The number of likely N-dealkylation sites (tertiary alicyclic amines) is 2. The first-order chi connectivity index (χ1) is 19.9. The standard InChI is InChI=1S/C31H39F2N3O6/c1-31(2,3)42-29(38)34-27(28(37)36-14-11-24(32)18-36)17-23-8-7-22(16-26(23)33)21-5-4-6-25(15-21)41-19-20-9-12-35(13-10-20)30(39)40/h4-8,15-16,20,24,27H,9-14,17-19H2,1-3H3,(H,34,38)(H,39,40)/t24-,27-/m0/s1. The highest BCUT2D eigenvalue weighted by molar-refractivity contribution is 5.86. The molecule has 11 heteroatoms. The lowest BCUT2D eigenvalue weighted by molar-refractivity contribution is -0.132. The summed E-state index contributed by atoms with van der Waals surface area (Å²) >= 11 is 0. The molecule has 0 saturated carbocycles. The van der Waals surface area contributed by atoms with Gasteiger partial charge in [-0.3, -0.25) is 4.79 Å². The predicted molar refractivity (Wildman–Crippen MR) is 153 cm³/mol. The topological polar surface area (TPSA) is 108 Å². The number of halogens is 2. The first-order valence-electron chi connectivity index (χ1n) is 14.3.